The molecule has 0 aliphatic heterocycles. The summed E-state index contributed by atoms with van der Waals surface area (Å²) in [7, 11) is 0. The summed E-state index contributed by atoms with van der Waals surface area (Å²) < 4.78 is 25.2. The molecular weight excluding hydrogens is 158 g/mol. The normalized spacial score (nSPS) is 25.4. The molecule has 2 heteroatoms. The Morgan fingerprint density at radius 3 is 2.58 bits per heavy atom. The first-order chi connectivity index (χ1) is 5.59. The second-order valence-corrected chi connectivity index (χ2v) is 3.43. The number of benzene rings is 1. The fourth-order valence-corrected chi connectivity index (χ4v) is 1.46. The summed E-state index contributed by atoms with van der Waals surface area (Å²) in [5, 5.41) is 0. The molecule has 2 rings (SSSR count). The molecule has 1 aliphatic rings. The molecule has 0 heterocycles. The molecule has 0 aromatic heterocycles. The van der Waals surface area contributed by atoms with E-state index in [9.17, 15) is 8.78 Å². The van der Waals surface area contributed by atoms with Crippen LogP contribution in [0.3, 0.4) is 0 Å². The first-order valence-electron chi connectivity index (χ1n) is 4.04. The molecule has 12 heavy (non-hydrogen) atoms. The molecule has 64 valence electrons. The lowest BCUT2D eigenvalue weighted by Crippen LogP contribution is -1.92. The Morgan fingerprint density at radius 1 is 1.42 bits per heavy atom. The minimum absolute atomic E-state index is 0.0243. The Morgan fingerprint density at radius 2 is 2.08 bits per heavy atom. The van der Waals surface area contributed by atoms with Gasteiger partial charge < -0.3 is 0 Å². The van der Waals surface area contributed by atoms with Crippen molar-refractivity contribution in [3.8, 4) is 0 Å². The summed E-state index contributed by atoms with van der Waals surface area (Å²) in [6.45, 7) is 1.92. The molecule has 1 aromatic rings. The van der Waals surface area contributed by atoms with Gasteiger partial charge >= 0.3 is 0 Å². The Labute approximate surface area is 70.2 Å². The Bertz CT molecular complexity index is 304. The van der Waals surface area contributed by atoms with Gasteiger partial charge in [-0.15, -0.1) is 0 Å². The van der Waals surface area contributed by atoms with E-state index in [4.69, 9.17) is 0 Å². The van der Waals surface area contributed by atoms with Crippen molar-refractivity contribution in [2.45, 2.75) is 25.2 Å². The molecule has 1 saturated carbocycles. The van der Waals surface area contributed by atoms with E-state index in [2.05, 4.69) is 0 Å². The monoisotopic (exact) mass is 168 g/mol. The third-order valence-corrected chi connectivity index (χ3v) is 2.27. The van der Waals surface area contributed by atoms with Crippen molar-refractivity contribution in [1.29, 1.82) is 0 Å². The van der Waals surface area contributed by atoms with Crippen LogP contribution in [0.2, 0.25) is 0 Å². The summed E-state index contributed by atoms with van der Waals surface area (Å²) in [6, 6.07) is 7.37. The molecular formula is C10H10F2. The van der Waals surface area contributed by atoms with Crippen LogP contribution in [-0.2, 0) is 0 Å². The van der Waals surface area contributed by atoms with Crippen molar-refractivity contribution in [2.75, 3.05) is 0 Å². The molecule has 0 nitrogen and oxygen atoms in total. The Balaban J connectivity index is 2.26. The fourth-order valence-electron chi connectivity index (χ4n) is 1.46. The van der Waals surface area contributed by atoms with Gasteiger partial charge in [-0.25, -0.2) is 8.78 Å². The number of rotatable bonds is 1. The second-order valence-electron chi connectivity index (χ2n) is 3.43. The molecule has 1 aliphatic carbocycles. The van der Waals surface area contributed by atoms with Crippen LogP contribution in [-0.4, -0.2) is 5.92 Å². The quantitative estimate of drug-likeness (QED) is 0.604. The molecule has 0 amide bonds. The zero-order valence-corrected chi connectivity index (χ0v) is 6.85. The molecule has 0 spiro atoms. The molecule has 1 aromatic carbocycles. The predicted octanol–water partition coefficient (Wildman–Crippen LogP) is 3.12. The van der Waals surface area contributed by atoms with Crippen LogP contribution in [0, 0.1) is 6.92 Å². The van der Waals surface area contributed by atoms with Crippen LogP contribution in [0.5, 0.6) is 0 Å². The molecule has 0 radical (unpaired) electrons. The van der Waals surface area contributed by atoms with E-state index in [1.54, 1.807) is 6.07 Å². The number of hydrogen-bond acceptors (Lipinski definition) is 0. The van der Waals surface area contributed by atoms with E-state index in [-0.39, 0.29) is 6.42 Å². The van der Waals surface area contributed by atoms with Crippen LogP contribution < -0.4 is 0 Å². The summed E-state index contributed by atoms with van der Waals surface area (Å²) in [6.07, 6.45) is 0.0243. The minimum Gasteiger partial charge on any atom is -0.206 e. The van der Waals surface area contributed by atoms with E-state index in [1.165, 1.54) is 0 Å². The van der Waals surface area contributed by atoms with Crippen LogP contribution >= 0.6 is 0 Å². The van der Waals surface area contributed by atoms with Crippen LogP contribution in [0.25, 0.3) is 0 Å². The van der Waals surface area contributed by atoms with Crippen LogP contribution in [0.4, 0.5) is 8.78 Å². The van der Waals surface area contributed by atoms with Gasteiger partial charge in [0.05, 0.1) is 5.92 Å². The third-order valence-electron chi connectivity index (χ3n) is 2.27. The standard InChI is InChI=1S/C10H10F2/c1-7-3-2-4-8(5-7)9-6-10(9,11)12/h2-5,9H,6H2,1H3. The highest BCUT2D eigenvalue weighted by atomic mass is 19.3. The van der Waals surface area contributed by atoms with Gasteiger partial charge in [-0.1, -0.05) is 29.8 Å². The maximum absolute atomic E-state index is 12.6. The zero-order valence-electron chi connectivity index (χ0n) is 6.85. The minimum atomic E-state index is -2.44. The molecule has 0 bridgehead atoms. The number of aryl methyl sites for hydroxylation is 1. The maximum atomic E-state index is 12.6. The van der Waals surface area contributed by atoms with Gasteiger partial charge in [-0.3, -0.25) is 0 Å². The third kappa shape index (κ3) is 1.22. The number of alkyl halides is 2. The topological polar surface area (TPSA) is 0 Å². The Hall–Kier alpha value is -0.920. The first kappa shape index (κ1) is 7.71. The fraction of sp³-hybridized carbons (Fsp3) is 0.400. The maximum Gasteiger partial charge on any atom is 0.255 e. The van der Waals surface area contributed by atoms with Gasteiger partial charge in [0.25, 0.3) is 5.92 Å². The van der Waals surface area contributed by atoms with Gasteiger partial charge in [0.2, 0.25) is 0 Å². The van der Waals surface area contributed by atoms with Crippen LogP contribution in [0.1, 0.15) is 23.5 Å². The Kier molecular flexibility index (Phi) is 1.47. The SMILES string of the molecule is Cc1cccc(C2CC2(F)F)c1. The second kappa shape index (κ2) is 2.28. The van der Waals surface area contributed by atoms with Crippen molar-refractivity contribution in [3.63, 3.8) is 0 Å². The van der Waals surface area contributed by atoms with E-state index in [0.29, 0.717) is 0 Å². The first-order valence-corrected chi connectivity index (χ1v) is 4.04. The van der Waals surface area contributed by atoms with Crippen molar-refractivity contribution in [2.24, 2.45) is 0 Å². The average Bonchev–Trinajstić information content (AvgIpc) is 2.60. The predicted molar refractivity (Wildman–Crippen MR) is 43.5 cm³/mol. The van der Waals surface area contributed by atoms with Gasteiger partial charge in [0, 0.05) is 6.42 Å². The summed E-state index contributed by atoms with van der Waals surface area (Å²) in [5.74, 6) is -2.95. The largest absolute Gasteiger partial charge is 0.255 e. The van der Waals surface area contributed by atoms with E-state index in [1.807, 2.05) is 25.1 Å². The lowest BCUT2D eigenvalue weighted by atomic mass is 10.1. The van der Waals surface area contributed by atoms with Crippen molar-refractivity contribution in [1.82, 2.24) is 0 Å². The highest BCUT2D eigenvalue weighted by Crippen LogP contribution is 2.55. The molecule has 1 atom stereocenters. The van der Waals surface area contributed by atoms with Gasteiger partial charge in [0.1, 0.15) is 0 Å². The van der Waals surface area contributed by atoms with Gasteiger partial charge in [-0.05, 0) is 12.5 Å². The highest BCUT2D eigenvalue weighted by Gasteiger charge is 2.57. The van der Waals surface area contributed by atoms with E-state index < -0.39 is 11.8 Å². The lowest BCUT2D eigenvalue weighted by Gasteiger charge is -1.99. The van der Waals surface area contributed by atoms with E-state index >= 15 is 0 Å². The average molecular weight is 168 g/mol. The smallest absolute Gasteiger partial charge is 0.206 e. The molecule has 1 unspecified atom stereocenters. The molecule has 1 fully saturated rings. The van der Waals surface area contributed by atoms with Gasteiger partial charge in [-0.2, -0.15) is 0 Å². The van der Waals surface area contributed by atoms with E-state index in [0.717, 1.165) is 11.1 Å². The molecule has 0 N–H and O–H groups in total. The lowest BCUT2D eigenvalue weighted by molar-refractivity contribution is 0.112. The summed E-state index contributed by atoms with van der Waals surface area (Å²) in [4.78, 5) is 0. The number of halogens is 2. The van der Waals surface area contributed by atoms with Crippen molar-refractivity contribution in [3.05, 3.63) is 35.4 Å². The van der Waals surface area contributed by atoms with Gasteiger partial charge in [0.15, 0.2) is 0 Å². The van der Waals surface area contributed by atoms with Crippen LogP contribution in [0.15, 0.2) is 24.3 Å². The van der Waals surface area contributed by atoms with Crippen molar-refractivity contribution >= 4 is 0 Å². The van der Waals surface area contributed by atoms with Crippen molar-refractivity contribution < 1.29 is 8.78 Å². The molecule has 0 saturated heterocycles. The number of hydrogen-bond donors (Lipinski definition) is 0. The highest BCUT2D eigenvalue weighted by molar-refractivity contribution is 5.32. The summed E-state index contributed by atoms with van der Waals surface area (Å²) in [5.41, 5.74) is 1.83. The zero-order chi connectivity index (χ0) is 8.77. The summed E-state index contributed by atoms with van der Waals surface area (Å²) >= 11 is 0.